The maximum absolute atomic E-state index is 13.0. The fourth-order valence-corrected chi connectivity index (χ4v) is 4.63. The Hall–Kier alpha value is -2.51. The first-order valence-electron chi connectivity index (χ1n) is 11.8. The van der Waals surface area contributed by atoms with Crippen LogP contribution in [-0.4, -0.2) is 65.0 Å². The molecule has 0 spiro atoms. The van der Waals surface area contributed by atoms with Gasteiger partial charge in [0.05, 0.1) is 18.8 Å². The highest BCUT2D eigenvalue weighted by Gasteiger charge is 2.29. The molecule has 2 aliphatic heterocycles. The lowest BCUT2D eigenvalue weighted by Crippen LogP contribution is -2.44. The minimum atomic E-state index is -0.208. The van der Waals surface area contributed by atoms with Gasteiger partial charge in [-0.2, -0.15) is 0 Å². The average Bonchev–Trinajstić information content (AvgIpc) is 2.79. The van der Waals surface area contributed by atoms with Gasteiger partial charge in [-0.3, -0.25) is 9.78 Å². The summed E-state index contributed by atoms with van der Waals surface area (Å²) in [5.74, 6) is 1.56. The van der Waals surface area contributed by atoms with E-state index < -0.39 is 0 Å². The van der Waals surface area contributed by atoms with Gasteiger partial charge in [0, 0.05) is 30.0 Å². The molecule has 0 bridgehead atoms. The van der Waals surface area contributed by atoms with Gasteiger partial charge in [0.2, 0.25) is 5.91 Å². The topological polar surface area (TPSA) is 70.6 Å². The zero-order chi connectivity index (χ0) is 22.5. The van der Waals surface area contributed by atoms with E-state index in [0.29, 0.717) is 32.0 Å². The van der Waals surface area contributed by atoms with Crippen LogP contribution in [0.4, 0.5) is 11.5 Å². The Morgan fingerprint density at radius 3 is 2.69 bits per heavy atom. The molecule has 2 saturated heterocycles. The average molecular weight is 438 g/mol. The van der Waals surface area contributed by atoms with Gasteiger partial charge < -0.3 is 19.9 Å². The molecule has 2 aromatic rings. The normalized spacial score (nSPS) is 20.3. The van der Waals surface area contributed by atoms with E-state index in [0.717, 1.165) is 61.1 Å². The van der Waals surface area contributed by atoms with E-state index in [-0.39, 0.29) is 12.0 Å². The number of anilines is 2. The molecule has 0 radical (unpaired) electrons. The number of amides is 1. The van der Waals surface area contributed by atoms with Gasteiger partial charge in [-0.25, -0.2) is 4.98 Å². The number of hydrogen-bond donors (Lipinski definition) is 1. The molecular weight excluding hydrogens is 402 g/mol. The second-order valence-corrected chi connectivity index (χ2v) is 8.99. The van der Waals surface area contributed by atoms with E-state index in [4.69, 9.17) is 9.72 Å². The first-order chi connectivity index (χ1) is 15.5. The summed E-state index contributed by atoms with van der Waals surface area (Å²) < 4.78 is 6.04. The van der Waals surface area contributed by atoms with Crippen molar-refractivity contribution in [2.75, 3.05) is 44.6 Å². The van der Waals surface area contributed by atoms with Crippen LogP contribution < -0.4 is 5.32 Å². The first kappa shape index (κ1) is 22.7. The number of aromatic nitrogens is 2. The van der Waals surface area contributed by atoms with Crippen molar-refractivity contribution in [1.29, 1.82) is 0 Å². The molecule has 1 atom stereocenters. The molecule has 0 saturated carbocycles. The number of nitrogens with one attached hydrogen (secondary N) is 1. The molecule has 2 fully saturated rings. The van der Waals surface area contributed by atoms with Crippen molar-refractivity contribution in [3.63, 3.8) is 0 Å². The Morgan fingerprint density at radius 2 is 1.94 bits per heavy atom. The summed E-state index contributed by atoms with van der Waals surface area (Å²) in [6.45, 7) is 11.2. The Balaban J connectivity index is 1.39. The number of likely N-dealkylation sites (tertiary alicyclic amines) is 1. The van der Waals surface area contributed by atoms with E-state index in [1.54, 1.807) is 0 Å². The van der Waals surface area contributed by atoms with Crippen LogP contribution in [-0.2, 0) is 9.53 Å². The van der Waals surface area contributed by atoms with Gasteiger partial charge in [-0.05, 0) is 76.5 Å². The predicted octanol–water partition coefficient (Wildman–Crippen LogP) is 3.86. The third-order valence-corrected chi connectivity index (χ3v) is 6.50. The minimum Gasteiger partial charge on any atom is -0.368 e. The van der Waals surface area contributed by atoms with Crippen LogP contribution in [0.25, 0.3) is 0 Å². The van der Waals surface area contributed by atoms with Crippen molar-refractivity contribution in [3.05, 3.63) is 47.4 Å². The molecule has 0 aliphatic carbocycles. The van der Waals surface area contributed by atoms with Crippen LogP contribution in [0.2, 0.25) is 0 Å². The number of piperidine rings is 1. The van der Waals surface area contributed by atoms with Crippen molar-refractivity contribution in [3.8, 4) is 0 Å². The molecule has 32 heavy (non-hydrogen) atoms. The van der Waals surface area contributed by atoms with Gasteiger partial charge in [0.15, 0.2) is 0 Å². The van der Waals surface area contributed by atoms with Gasteiger partial charge >= 0.3 is 0 Å². The minimum absolute atomic E-state index is 0.208. The van der Waals surface area contributed by atoms with Gasteiger partial charge in [0.25, 0.3) is 0 Å². The summed E-state index contributed by atoms with van der Waals surface area (Å²) in [5, 5.41) is 3.37. The fourth-order valence-electron chi connectivity index (χ4n) is 4.63. The summed E-state index contributed by atoms with van der Waals surface area (Å²) in [4.78, 5) is 26.7. The van der Waals surface area contributed by atoms with Crippen molar-refractivity contribution in [2.24, 2.45) is 5.92 Å². The van der Waals surface area contributed by atoms with Crippen LogP contribution in [0, 0.1) is 19.8 Å². The fraction of sp³-hybridized carbons (Fsp3) is 0.560. The third kappa shape index (κ3) is 5.84. The molecule has 0 aromatic carbocycles. The van der Waals surface area contributed by atoms with Gasteiger partial charge in [0.1, 0.15) is 11.9 Å². The number of nitrogens with zero attached hydrogens (tertiary/aromatic N) is 4. The smallest absolute Gasteiger partial charge is 0.223 e. The molecule has 0 unspecified atom stereocenters. The number of carbonyl (C=O) groups is 1. The molecule has 1 amide bonds. The monoisotopic (exact) mass is 437 g/mol. The van der Waals surface area contributed by atoms with Crippen LogP contribution in [0.15, 0.2) is 30.3 Å². The highest BCUT2D eigenvalue weighted by atomic mass is 16.5. The molecule has 4 heterocycles. The first-order valence-corrected chi connectivity index (χ1v) is 11.8. The van der Waals surface area contributed by atoms with Crippen LogP contribution in [0.3, 0.4) is 0 Å². The summed E-state index contributed by atoms with van der Waals surface area (Å²) in [6, 6.07) is 9.92. The zero-order valence-electron chi connectivity index (χ0n) is 19.5. The number of rotatable bonds is 6. The standard InChI is InChI=1S/C25H35N5O2/c1-4-29-10-8-20(9-11-29)15-25(31)30-12-13-32-23(17-30)22-16-21(14-19(3)26-22)28-24-7-5-6-18(2)27-24/h5-7,14,16,20,23H,4,8-13,15,17H2,1-3H3,(H,26,27,28)/t23-/m1/s1. The molecule has 2 aromatic heterocycles. The number of hydrogen-bond acceptors (Lipinski definition) is 6. The van der Waals surface area contributed by atoms with Crippen molar-refractivity contribution < 1.29 is 9.53 Å². The Labute approximate surface area is 191 Å². The lowest BCUT2D eigenvalue weighted by Gasteiger charge is -2.35. The maximum atomic E-state index is 13.0. The summed E-state index contributed by atoms with van der Waals surface area (Å²) in [5.41, 5.74) is 3.66. The summed E-state index contributed by atoms with van der Waals surface area (Å²) in [7, 11) is 0. The third-order valence-electron chi connectivity index (χ3n) is 6.50. The molecule has 7 heteroatoms. The Bertz CT molecular complexity index is 926. The van der Waals surface area contributed by atoms with Crippen LogP contribution in [0.1, 0.15) is 49.4 Å². The SMILES string of the molecule is CCN1CCC(CC(=O)N2CCO[C@@H](c3cc(Nc4cccc(C)n4)cc(C)n3)C2)CC1. The van der Waals surface area contributed by atoms with Crippen LogP contribution in [0.5, 0.6) is 0 Å². The highest BCUT2D eigenvalue weighted by Crippen LogP contribution is 2.27. The van der Waals surface area contributed by atoms with Gasteiger partial charge in [-0.15, -0.1) is 0 Å². The second-order valence-electron chi connectivity index (χ2n) is 8.99. The van der Waals surface area contributed by atoms with Crippen molar-refractivity contribution >= 4 is 17.4 Å². The van der Waals surface area contributed by atoms with E-state index in [1.165, 1.54) is 0 Å². The number of pyridine rings is 2. The van der Waals surface area contributed by atoms with Crippen LogP contribution >= 0.6 is 0 Å². The molecule has 2 aliphatic rings. The Kier molecular flexibility index (Phi) is 7.37. The lowest BCUT2D eigenvalue weighted by atomic mass is 9.93. The summed E-state index contributed by atoms with van der Waals surface area (Å²) in [6.07, 6.45) is 2.68. The maximum Gasteiger partial charge on any atom is 0.223 e. The molecular formula is C25H35N5O2. The quantitative estimate of drug-likeness (QED) is 0.740. The molecule has 4 rings (SSSR count). The predicted molar refractivity (Wildman–Crippen MR) is 126 cm³/mol. The van der Waals surface area contributed by atoms with E-state index >= 15 is 0 Å². The van der Waals surface area contributed by atoms with E-state index in [1.807, 2.05) is 49.1 Å². The second kappa shape index (κ2) is 10.4. The highest BCUT2D eigenvalue weighted by molar-refractivity contribution is 5.76. The number of ether oxygens (including phenoxy) is 1. The van der Waals surface area contributed by atoms with E-state index in [9.17, 15) is 4.79 Å². The molecule has 7 nitrogen and oxygen atoms in total. The Morgan fingerprint density at radius 1 is 1.12 bits per heavy atom. The van der Waals surface area contributed by atoms with Crippen molar-refractivity contribution in [2.45, 2.75) is 46.1 Å². The van der Waals surface area contributed by atoms with E-state index in [2.05, 4.69) is 22.1 Å². The number of morpholine rings is 1. The number of aryl methyl sites for hydroxylation is 2. The molecule has 172 valence electrons. The number of carbonyl (C=O) groups excluding carboxylic acids is 1. The molecule has 1 N–H and O–H groups in total. The lowest BCUT2D eigenvalue weighted by molar-refractivity contribution is -0.140. The summed E-state index contributed by atoms with van der Waals surface area (Å²) >= 11 is 0. The van der Waals surface area contributed by atoms with Crippen molar-refractivity contribution in [1.82, 2.24) is 19.8 Å². The van der Waals surface area contributed by atoms with Gasteiger partial charge in [-0.1, -0.05) is 13.0 Å². The zero-order valence-corrected chi connectivity index (χ0v) is 19.5. The largest absolute Gasteiger partial charge is 0.368 e.